The van der Waals surface area contributed by atoms with E-state index in [0.717, 1.165) is 6.07 Å². The maximum absolute atomic E-state index is 12.9. The van der Waals surface area contributed by atoms with Gasteiger partial charge in [0.05, 0.1) is 5.56 Å². The summed E-state index contributed by atoms with van der Waals surface area (Å²) < 4.78 is 49.1. The molecule has 0 radical (unpaired) electrons. The third-order valence-corrected chi connectivity index (χ3v) is 4.42. The van der Waals surface area contributed by atoms with Crippen LogP contribution in [0.1, 0.15) is 18.4 Å². The number of ether oxygens (including phenoxy) is 2. The molecule has 0 saturated carbocycles. The van der Waals surface area contributed by atoms with Crippen molar-refractivity contribution >= 4 is 23.4 Å². The van der Waals surface area contributed by atoms with Gasteiger partial charge in [-0.2, -0.15) is 13.2 Å². The van der Waals surface area contributed by atoms with Crippen LogP contribution in [-0.4, -0.2) is 42.0 Å². The quantitative estimate of drug-likeness (QED) is 0.693. The third kappa shape index (κ3) is 5.25. The summed E-state index contributed by atoms with van der Waals surface area (Å²) in [6.07, 6.45) is -3.76. The van der Waals surface area contributed by atoms with E-state index in [1.165, 1.54) is 18.2 Å². The first-order valence-corrected chi connectivity index (χ1v) is 8.93. The van der Waals surface area contributed by atoms with Crippen molar-refractivity contribution in [2.75, 3.05) is 24.6 Å². The number of para-hydroxylation sites is 1. The molecule has 2 heterocycles. The Bertz CT molecular complexity index is 810. The smallest absolute Gasteiger partial charge is 0.419 e. The Kier molecular flexibility index (Phi) is 6.23. The largest absolute Gasteiger partial charge is 0.481 e. The Morgan fingerprint density at radius 1 is 1.14 bits per heavy atom. The zero-order chi connectivity index (χ0) is 20.1. The van der Waals surface area contributed by atoms with Crippen molar-refractivity contribution in [3.05, 3.63) is 47.1 Å². The summed E-state index contributed by atoms with van der Waals surface area (Å²) in [5.74, 6) is -0.425. The zero-order valence-corrected chi connectivity index (χ0v) is 15.4. The van der Waals surface area contributed by atoms with Gasteiger partial charge in [-0.15, -0.1) is 10.2 Å². The SMILES string of the molecule is O=C(COc1ccccc1C(F)(F)F)OC1CCN(c2ccc(Cl)nn2)CC1. The van der Waals surface area contributed by atoms with Gasteiger partial charge in [0, 0.05) is 25.9 Å². The lowest BCUT2D eigenvalue weighted by molar-refractivity contribution is -0.153. The molecular weight excluding hydrogens is 399 g/mol. The van der Waals surface area contributed by atoms with E-state index in [4.69, 9.17) is 21.1 Å². The molecule has 0 unspecified atom stereocenters. The van der Waals surface area contributed by atoms with E-state index in [9.17, 15) is 18.0 Å². The van der Waals surface area contributed by atoms with Crippen molar-refractivity contribution in [2.45, 2.75) is 25.1 Å². The van der Waals surface area contributed by atoms with Gasteiger partial charge in [-0.25, -0.2) is 4.79 Å². The van der Waals surface area contributed by atoms with Crippen LogP contribution < -0.4 is 9.64 Å². The molecule has 150 valence electrons. The fourth-order valence-corrected chi connectivity index (χ4v) is 2.96. The van der Waals surface area contributed by atoms with Crippen LogP contribution >= 0.6 is 11.6 Å². The molecule has 0 N–H and O–H groups in total. The molecule has 1 aromatic heterocycles. The molecule has 0 amide bonds. The molecule has 1 aliphatic heterocycles. The number of carbonyl (C=O) groups excluding carboxylic acids is 1. The number of nitrogens with zero attached hydrogens (tertiary/aromatic N) is 3. The number of alkyl halides is 3. The minimum Gasteiger partial charge on any atom is -0.481 e. The second-order valence-electron chi connectivity index (χ2n) is 6.17. The van der Waals surface area contributed by atoms with E-state index in [1.54, 1.807) is 12.1 Å². The van der Waals surface area contributed by atoms with Gasteiger partial charge in [0.25, 0.3) is 0 Å². The Balaban J connectivity index is 1.47. The van der Waals surface area contributed by atoms with Crippen molar-refractivity contribution in [3.63, 3.8) is 0 Å². The number of piperidine rings is 1. The third-order valence-electron chi connectivity index (χ3n) is 4.22. The number of benzene rings is 1. The molecule has 1 fully saturated rings. The second kappa shape index (κ2) is 8.64. The van der Waals surface area contributed by atoms with Gasteiger partial charge < -0.3 is 14.4 Å². The Morgan fingerprint density at radius 2 is 1.86 bits per heavy atom. The van der Waals surface area contributed by atoms with Gasteiger partial charge in [0.2, 0.25) is 0 Å². The van der Waals surface area contributed by atoms with Crippen molar-refractivity contribution in [2.24, 2.45) is 0 Å². The molecule has 0 bridgehead atoms. The molecule has 0 aliphatic carbocycles. The Labute approximate surface area is 164 Å². The number of rotatable bonds is 5. The maximum Gasteiger partial charge on any atom is 0.419 e. The normalized spacial score (nSPS) is 15.4. The predicted octanol–water partition coefficient (Wildman–Crippen LogP) is 3.74. The summed E-state index contributed by atoms with van der Waals surface area (Å²) in [6.45, 7) is 0.619. The molecule has 3 rings (SSSR count). The fourth-order valence-electron chi connectivity index (χ4n) is 2.86. The van der Waals surface area contributed by atoms with Gasteiger partial charge in [-0.05, 0) is 24.3 Å². The van der Waals surface area contributed by atoms with Crippen LogP contribution in [0.5, 0.6) is 5.75 Å². The summed E-state index contributed by atoms with van der Waals surface area (Å²) in [5, 5.41) is 8.10. The summed E-state index contributed by atoms with van der Waals surface area (Å²) in [7, 11) is 0. The minimum absolute atomic E-state index is 0.305. The van der Waals surface area contributed by atoms with Crippen molar-refractivity contribution < 1.29 is 27.4 Å². The van der Waals surface area contributed by atoms with Crippen LogP contribution in [0.25, 0.3) is 0 Å². The topological polar surface area (TPSA) is 64.6 Å². The van der Waals surface area contributed by atoms with E-state index in [2.05, 4.69) is 10.2 Å². The molecule has 1 saturated heterocycles. The molecule has 6 nitrogen and oxygen atoms in total. The van der Waals surface area contributed by atoms with Crippen molar-refractivity contribution in [1.29, 1.82) is 0 Å². The standard InChI is InChI=1S/C18H17ClF3N3O3/c19-15-5-6-16(24-23-15)25-9-7-12(8-10-25)28-17(26)11-27-14-4-2-1-3-13(14)18(20,21)22/h1-6,12H,7-11H2. The number of hydrogen-bond donors (Lipinski definition) is 0. The van der Waals surface area contributed by atoms with Gasteiger partial charge in [0.1, 0.15) is 11.9 Å². The first-order chi connectivity index (χ1) is 13.3. The van der Waals surface area contributed by atoms with Gasteiger partial charge >= 0.3 is 12.1 Å². The van der Waals surface area contributed by atoms with Gasteiger partial charge in [-0.3, -0.25) is 0 Å². The Hall–Kier alpha value is -2.55. The number of carbonyl (C=O) groups is 1. The van der Waals surface area contributed by atoms with E-state index in [1.807, 2.05) is 4.90 Å². The van der Waals surface area contributed by atoms with Crippen LogP contribution in [0.15, 0.2) is 36.4 Å². The zero-order valence-electron chi connectivity index (χ0n) is 14.7. The molecule has 28 heavy (non-hydrogen) atoms. The lowest BCUT2D eigenvalue weighted by atomic mass is 10.1. The molecule has 2 aromatic rings. The highest BCUT2D eigenvalue weighted by atomic mass is 35.5. The first kappa shape index (κ1) is 20.2. The average molecular weight is 416 g/mol. The number of anilines is 1. The number of halogens is 4. The highest BCUT2D eigenvalue weighted by molar-refractivity contribution is 6.29. The maximum atomic E-state index is 12.9. The predicted molar refractivity (Wildman–Crippen MR) is 95.3 cm³/mol. The van der Waals surface area contributed by atoms with Crippen LogP contribution in [0, 0.1) is 0 Å². The molecule has 0 atom stereocenters. The molecule has 0 spiro atoms. The van der Waals surface area contributed by atoms with Crippen LogP contribution in [-0.2, 0) is 15.7 Å². The lowest BCUT2D eigenvalue weighted by Gasteiger charge is -2.32. The average Bonchev–Trinajstić information content (AvgIpc) is 2.67. The fraction of sp³-hybridized carbons (Fsp3) is 0.389. The number of hydrogen-bond acceptors (Lipinski definition) is 6. The van der Waals surface area contributed by atoms with Gasteiger partial charge in [0.15, 0.2) is 17.6 Å². The molecule has 1 aliphatic rings. The summed E-state index contributed by atoms with van der Waals surface area (Å²) in [5.41, 5.74) is -0.930. The van der Waals surface area contributed by atoms with E-state index < -0.39 is 30.1 Å². The summed E-state index contributed by atoms with van der Waals surface area (Å²) >= 11 is 5.72. The number of esters is 1. The van der Waals surface area contributed by atoms with Crippen molar-refractivity contribution in [1.82, 2.24) is 10.2 Å². The van der Waals surface area contributed by atoms with E-state index in [0.29, 0.717) is 36.9 Å². The molecular formula is C18H17ClF3N3O3. The van der Waals surface area contributed by atoms with E-state index >= 15 is 0 Å². The lowest BCUT2D eigenvalue weighted by Crippen LogP contribution is -2.39. The van der Waals surface area contributed by atoms with Crippen LogP contribution in [0.2, 0.25) is 5.15 Å². The van der Waals surface area contributed by atoms with Crippen LogP contribution in [0.3, 0.4) is 0 Å². The van der Waals surface area contributed by atoms with Crippen molar-refractivity contribution in [3.8, 4) is 5.75 Å². The van der Waals surface area contributed by atoms with Crippen LogP contribution in [0.4, 0.5) is 19.0 Å². The minimum atomic E-state index is -4.56. The molecule has 10 heteroatoms. The number of aromatic nitrogens is 2. The second-order valence-corrected chi connectivity index (χ2v) is 6.56. The molecule has 1 aromatic carbocycles. The highest BCUT2D eigenvalue weighted by Gasteiger charge is 2.34. The van der Waals surface area contributed by atoms with E-state index in [-0.39, 0.29) is 6.10 Å². The summed E-state index contributed by atoms with van der Waals surface area (Å²) in [6, 6.07) is 8.13. The van der Waals surface area contributed by atoms with Gasteiger partial charge in [-0.1, -0.05) is 23.7 Å². The monoisotopic (exact) mass is 415 g/mol. The Morgan fingerprint density at radius 3 is 2.50 bits per heavy atom. The highest BCUT2D eigenvalue weighted by Crippen LogP contribution is 2.35. The first-order valence-electron chi connectivity index (χ1n) is 8.55. The summed E-state index contributed by atoms with van der Waals surface area (Å²) in [4.78, 5) is 13.9.